The minimum Gasteiger partial charge on any atom is -0.299 e. The first-order valence-corrected chi connectivity index (χ1v) is 7.56. The molecule has 110 valence electrons. The lowest BCUT2D eigenvalue weighted by Crippen LogP contribution is -2.10. The molecule has 0 spiro atoms. The van der Waals surface area contributed by atoms with Gasteiger partial charge in [0.15, 0.2) is 0 Å². The maximum Gasteiger partial charge on any atom is 0.137 e. The predicted molar refractivity (Wildman–Crippen MR) is 86.5 cm³/mol. The Hall–Kier alpha value is -1.96. The lowest BCUT2D eigenvalue weighted by Gasteiger charge is -2.17. The Labute approximate surface area is 127 Å². The maximum absolute atomic E-state index is 11.9. The number of aryl methyl sites for hydroxylation is 1. The molecule has 2 atom stereocenters. The Bertz CT molecular complexity index is 574. The third-order valence-electron chi connectivity index (χ3n) is 4.08. The molecule has 1 aromatic carbocycles. The molecule has 0 aliphatic rings. The summed E-state index contributed by atoms with van der Waals surface area (Å²) in [5, 5.41) is 0. The summed E-state index contributed by atoms with van der Waals surface area (Å²) in [6.45, 7) is 5.89. The zero-order valence-corrected chi connectivity index (χ0v) is 13.0. The van der Waals surface area contributed by atoms with Crippen molar-refractivity contribution < 1.29 is 4.79 Å². The summed E-state index contributed by atoms with van der Waals surface area (Å²) >= 11 is 0. The van der Waals surface area contributed by atoms with E-state index in [1.807, 2.05) is 49.5 Å². The molecule has 0 fully saturated rings. The molecule has 2 aromatic rings. The van der Waals surface area contributed by atoms with Gasteiger partial charge in [0.1, 0.15) is 5.78 Å². The van der Waals surface area contributed by atoms with Crippen LogP contribution in [0.5, 0.6) is 0 Å². The fourth-order valence-corrected chi connectivity index (χ4v) is 2.64. The topological polar surface area (TPSA) is 30.0 Å². The highest BCUT2D eigenvalue weighted by molar-refractivity contribution is 5.83. The smallest absolute Gasteiger partial charge is 0.137 e. The summed E-state index contributed by atoms with van der Waals surface area (Å²) in [4.78, 5) is 16.3. The highest BCUT2D eigenvalue weighted by Crippen LogP contribution is 2.28. The average Bonchev–Trinajstić information content (AvgIpc) is 2.48. The van der Waals surface area contributed by atoms with Crippen molar-refractivity contribution >= 4 is 5.78 Å². The van der Waals surface area contributed by atoms with Gasteiger partial charge in [-0.25, -0.2) is 0 Å². The highest BCUT2D eigenvalue weighted by atomic mass is 16.1. The van der Waals surface area contributed by atoms with E-state index >= 15 is 0 Å². The lowest BCUT2D eigenvalue weighted by atomic mass is 9.86. The first-order valence-electron chi connectivity index (χ1n) is 7.56. The minimum absolute atomic E-state index is 0.00653. The second-order valence-corrected chi connectivity index (χ2v) is 5.79. The van der Waals surface area contributed by atoms with Crippen molar-refractivity contribution in [2.75, 3.05) is 0 Å². The van der Waals surface area contributed by atoms with Gasteiger partial charge in [0.05, 0.1) is 0 Å². The fraction of sp³-hybridized carbons (Fsp3) is 0.368. The molecule has 0 saturated carbocycles. The summed E-state index contributed by atoms with van der Waals surface area (Å²) < 4.78 is 0. The zero-order chi connectivity index (χ0) is 15.2. The van der Waals surface area contributed by atoms with Gasteiger partial charge in [-0.3, -0.25) is 9.78 Å². The Morgan fingerprint density at radius 2 is 1.76 bits per heavy atom. The molecule has 1 heterocycles. The van der Waals surface area contributed by atoms with Gasteiger partial charge in [-0.15, -0.1) is 0 Å². The number of Topliss-reactive ketones (excluding diaryl/α,β-unsaturated/α-hetero) is 1. The summed E-state index contributed by atoms with van der Waals surface area (Å²) in [6.07, 6.45) is 3.82. The first kappa shape index (κ1) is 15.4. The largest absolute Gasteiger partial charge is 0.299 e. The molecule has 0 bridgehead atoms. The number of carbonyl (C=O) groups is 1. The summed E-state index contributed by atoms with van der Waals surface area (Å²) in [7, 11) is 0. The van der Waals surface area contributed by atoms with Gasteiger partial charge in [0.25, 0.3) is 0 Å². The van der Waals surface area contributed by atoms with E-state index in [9.17, 15) is 4.79 Å². The molecule has 0 saturated heterocycles. The van der Waals surface area contributed by atoms with Gasteiger partial charge in [0.2, 0.25) is 0 Å². The number of rotatable bonds is 6. The predicted octanol–water partition coefficient (Wildman–Crippen LogP) is 4.65. The van der Waals surface area contributed by atoms with Crippen LogP contribution < -0.4 is 0 Å². The number of pyridine rings is 1. The fourth-order valence-electron chi connectivity index (χ4n) is 2.64. The van der Waals surface area contributed by atoms with Crippen LogP contribution in [0.3, 0.4) is 0 Å². The Balaban J connectivity index is 2.02. The van der Waals surface area contributed by atoms with Crippen molar-refractivity contribution in [3.8, 4) is 0 Å². The second kappa shape index (κ2) is 7.16. The number of hydrogen-bond donors (Lipinski definition) is 0. The minimum atomic E-state index is 0.00653. The van der Waals surface area contributed by atoms with E-state index < -0.39 is 0 Å². The van der Waals surface area contributed by atoms with Gasteiger partial charge in [-0.1, -0.05) is 43.3 Å². The van der Waals surface area contributed by atoms with Crippen molar-refractivity contribution in [2.24, 2.45) is 0 Å². The highest BCUT2D eigenvalue weighted by Gasteiger charge is 2.18. The van der Waals surface area contributed by atoms with Crippen LogP contribution in [0.4, 0.5) is 0 Å². The van der Waals surface area contributed by atoms with Crippen molar-refractivity contribution in [1.29, 1.82) is 0 Å². The molecule has 21 heavy (non-hydrogen) atoms. The van der Waals surface area contributed by atoms with E-state index in [1.54, 1.807) is 6.92 Å². The molecule has 2 heteroatoms. The first-order chi connectivity index (χ1) is 10.1. The van der Waals surface area contributed by atoms with Crippen molar-refractivity contribution in [3.05, 3.63) is 65.5 Å². The van der Waals surface area contributed by atoms with Crippen LogP contribution in [0.1, 0.15) is 55.3 Å². The van der Waals surface area contributed by atoms with Crippen LogP contribution in [-0.2, 0) is 4.79 Å². The van der Waals surface area contributed by atoms with E-state index in [0.717, 1.165) is 24.1 Å². The van der Waals surface area contributed by atoms with Gasteiger partial charge < -0.3 is 0 Å². The van der Waals surface area contributed by atoms with E-state index in [2.05, 4.69) is 18.0 Å². The van der Waals surface area contributed by atoms with Crippen LogP contribution in [0.2, 0.25) is 0 Å². The van der Waals surface area contributed by atoms with Gasteiger partial charge in [-0.05, 0) is 49.8 Å². The standard InChI is InChI=1S/C19H23NO/c1-14(18-11-10-15(2)20-13-18)9-12-19(16(3)21)17-7-5-4-6-8-17/h4-8,10-11,13-14,19H,9,12H2,1-3H3. The molecule has 0 radical (unpaired) electrons. The van der Waals surface area contributed by atoms with Gasteiger partial charge in [0, 0.05) is 17.8 Å². The normalized spacial score (nSPS) is 13.7. The molecule has 0 N–H and O–H groups in total. The molecule has 0 aliphatic carbocycles. The van der Waals surface area contributed by atoms with E-state index in [4.69, 9.17) is 0 Å². The molecule has 2 unspecified atom stereocenters. The molecule has 2 rings (SSSR count). The number of aromatic nitrogens is 1. The number of hydrogen-bond acceptors (Lipinski definition) is 2. The van der Waals surface area contributed by atoms with E-state index in [1.165, 1.54) is 5.56 Å². The number of nitrogens with zero attached hydrogens (tertiary/aromatic N) is 1. The van der Waals surface area contributed by atoms with Crippen LogP contribution in [0.25, 0.3) is 0 Å². The lowest BCUT2D eigenvalue weighted by molar-refractivity contribution is -0.118. The molecule has 1 aromatic heterocycles. The molecular formula is C19H23NO. The van der Waals surface area contributed by atoms with E-state index in [0.29, 0.717) is 5.92 Å². The SMILES string of the molecule is CC(=O)C(CCC(C)c1ccc(C)nc1)c1ccccc1. The van der Waals surface area contributed by atoms with Gasteiger partial charge >= 0.3 is 0 Å². The third-order valence-corrected chi connectivity index (χ3v) is 4.08. The Morgan fingerprint density at radius 1 is 1.05 bits per heavy atom. The maximum atomic E-state index is 11.9. The van der Waals surface area contributed by atoms with Crippen LogP contribution >= 0.6 is 0 Å². The summed E-state index contributed by atoms with van der Waals surface area (Å²) in [5.74, 6) is 0.672. The quantitative estimate of drug-likeness (QED) is 0.771. The number of benzene rings is 1. The Kier molecular flexibility index (Phi) is 5.26. The van der Waals surface area contributed by atoms with Gasteiger partial charge in [-0.2, -0.15) is 0 Å². The van der Waals surface area contributed by atoms with Crippen molar-refractivity contribution in [1.82, 2.24) is 4.98 Å². The second-order valence-electron chi connectivity index (χ2n) is 5.79. The van der Waals surface area contributed by atoms with Crippen LogP contribution in [-0.4, -0.2) is 10.8 Å². The van der Waals surface area contributed by atoms with Crippen molar-refractivity contribution in [3.63, 3.8) is 0 Å². The molecular weight excluding hydrogens is 258 g/mol. The monoisotopic (exact) mass is 281 g/mol. The van der Waals surface area contributed by atoms with Crippen LogP contribution in [0.15, 0.2) is 48.7 Å². The zero-order valence-electron chi connectivity index (χ0n) is 13.0. The summed E-state index contributed by atoms with van der Waals surface area (Å²) in [5.41, 5.74) is 3.41. The molecule has 2 nitrogen and oxygen atoms in total. The Morgan fingerprint density at radius 3 is 2.33 bits per heavy atom. The third kappa shape index (κ3) is 4.25. The van der Waals surface area contributed by atoms with E-state index in [-0.39, 0.29) is 11.7 Å². The van der Waals surface area contributed by atoms with Crippen LogP contribution in [0, 0.1) is 6.92 Å². The average molecular weight is 281 g/mol. The number of ketones is 1. The molecule has 0 aliphatic heterocycles. The molecule has 0 amide bonds. The summed E-state index contributed by atoms with van der Waals surface area (Å²) in [6, 6.07) is 14.3. The van der Waals surface area contributed by atoms with Crippen molar-refractivity contribution in [2.45, 2.75) is 45.4 Å². The number of carbonyl (C=O) groups excluding carboxylic acids is 1.